The lowest BCUT2D eigenvalue weighted by Gasteiger charge is -1.89. The highest BCUT2D eigenvalue weighted by atomic mass is 16.5. The number of carbonyl (C=O) groups excluding carboxylic acids is 1. The molecule has 0 bridgehead atoms. The van der Waals surface area contributed by atoms with Crippen LogP contribution in [0.25, 0.3) is 0 Å². The molecule has 0 aromatic heterocycles. The predicted octanol–water partition coefficient (Wildman–Crippen LogP) is 2.06. The van der Waals surface area contributed by atoms with Crippen LogP contribution in [0.5, 0.6) is 0 Å². The minimum Gasteiger partial charge on any atom is -0.469 e. The predicted molar refractivity (Wildman–Crippen MR) is 44.2 cm³/mol. The first-order valence-electron chi connectivity index (χ1n) is 3.77. The minimum absolute atomic E-state index is 0.220. The summed E-state index contributed by atoms with van der Waals surface area (Å²) >= 11 is 0. The van der Waals surface area contributed by atoms with Crippen molar-refractivity contribution in [2.24, 2.45) is 0 Å². The Morgan fingerprint density at radius 3 is 2.82 bits per heavy atom. The molecule has 0 spiro atoms. The molecule has 0 aliphatic heterocycles. The van der Waals surface area contributed by atoms with Gasteiger partial charge in [-0.05, 0) is 18.6 Å². The smallest absolute Gasteiger partial charge is 0.309 e. The highest BCUT2D eigenvalue weighted by Gasteiger charge is 1.91. The number of unbranched alkanes of at least 4 members (excludes halogenated alkanes) is 1. The summed E-state index contributed by atoms with van der Waals surface area (Å²) in [6, 6.07) is 0. The molecule has 0 radical (unpaired) electrons. The van der Waals surface area contributed by atoms with Gasteiger partial charge in [-0.2, -0.15) is 0 Å². The Labute approximate surface area is 67.6 Å². The van der Waals surface area contributed by atoms with E-state index in [2.05, 4.69) is 17.4 Å². The summed E-state index contributed by atoms with van der Waals surface area (Å²) < 4.78 is 4.43. The molecule has 2 nitrogen and oxygen atoms in total. The fourth-order valence-electron chi connectivity index (χ4n) is 0.537. The zero-order valence-corrected chi connectivity index (χ0v) is 7.09. The van der Waals surface area contributed by atoms with Crippen LogP contribution in [0.15, 0.2) is 17.9 Å². The summed E-state index contributed by atoms with van der Waals surface area (Å²) in [6.45, 7) is 2.10. The Hall–Kier alpha value is -1.01. The Morgan fingerprint density at radius 2 is 2.27 bits per heavy atom. The van der Waals surface area contributed by atoms with Crippen molar-refractivity contribution in [1.29, 1.82) is 0 Å². The van der Waals surface area contributed by atoms with E-state index in [1.165, 1.54) is 7.11 Å². The summed E-state index contributed by atoms with van der Waals surface area (Å²) in [5, 5.41) is 0. The molecule has 0 aromatic rings. The van der Waals surface area contributed by atoms with Gasteiger partial charge in [0.1, 0.15) is 0 Å². The van der Waals surface area contributed by atoms with Gasteiger partial charge in [0, 0.05) is 0 Å². The number of carbonyl (C=O) groups is 1. The topological polar surface area (TPSA) is 26.3 Å². The van der Waals surface area contributed by atoms with Crippen molar-refractivity contribution < 1.29 is 9.53 Å². The summed E-state index contributed by atoms with van der Waals surface area (Å²) in [5.74, 6) is -0.220. The maximum absolute atomic E-state index is 10.5. The van der Waals surface area contributed by atoms with Crippen LogP contribution in [0.4, 0.5) is 0 Å². The lowest BCUT2D eigenvalue weighted by molar-refractivity contribution is -0.139. The van der Waals surface area contributed by atoms with Gasteiger partial charge in [-0.1, -0.05) is 13.3 Å². The van der Waals surface area contributed by atoms with Gasteiger partial charge in [0.05, 0.1) is 13.5 Å². The number of hydrogen-bond donors (Lipinski definition) is 0. The van der Waals surface area contributed by atoms with E-state index >= 15 is 0 Å². The molecule has 0 aliphatic rings. The molecule has 0 N–H and O–H groups in total. The van der Waals surface area contributed by atoms with E-state index in [0.29, 0.717) is 6.42 Å². The number of hydrogen-bond acceptors (Lipinski definition) is 2. The zero-order valence-electron chi connectivity index (χ0n) is 7.09. The fourth-order valence-corrected chi connectivity index (χ4v) is 0.537. The van der Waals surface area contributed by atoms with Gasteiger partial charge in [0.25, 0.3) is 0 Å². The lowest BCUT2D eigenvalue weighted by Crippen LogP contribution is -1.96. The summed E-state index contributed by atoms with van der Waals surface area (Å²) in [7, 11) is 1.38. The van der Waals surface area contributed by atoms with Crippen molar-refractivity contribution in [1.82, 2.24) is 0 Å². The molecule has 0 unspecified atom stereocenters. The maximum atomic E-state index is 10.5. The van der Waals surface area contributed by atoms with E-state index in [4.69, 9.17) is 0 Å². The maximum Gasteiger partial charge on any atom is 0.309 e. The molecule has 0 rings (SSSR count). The van der Waals surface area contributed by atoms with E-state index in [-0.39, 0.29) is 5.97 Å². The summed E-state index contributed by atoms with van der Waals surface area (Å²) in [6.07, 6.45) is 6.04. The number of methoxy groups -OCH3 is 1. The third-order valence-electron chi connectivity index (χ3n) is 1.17. The molecular formula is C9H14O2. The van der Waals surface area contributed by atoms with Crippen LogP contribution in [0.1, 0.15) is 26.2 Å². The average Bonchev–Trinajstić information content (AvgIpc) is 2.04. The molecule has 0 saturated heterocycles. The van der Waals surface area contributed by atoms with Gasteiger partial charge in [0.2, 0.25) is 0 Å². The highest BCUT2D eigenvalue weighted by molar-refractivity contribution is 5.70. The van der Waals surface area contributed by atoms with Crippen molar-refractivity contribution >= 4 is 5.97 Å². The molecule has 0 saturated carbocycles. The molecule has 62 valence electrons. The Bertz CT molecular complexity index is 164. The second kappa shape index (κ2) is 7.10. The van der Waals surface area contributed by atoms with Gasteiger partial charge in [0.15, 0.2) is 0 Å². The molecule has 0 aromatic carbocycles. The van der Waals surface area contributed by atoms with Crippen LogP contribution in [-0.4, -0.2) is 13.1 Å². The van der Waals surface area contributed by atoms with Crippen LogP contribution in [0, 0.1) is 0 Å². The first-order chi connectivity index (χ1) is 5.31. The lowest BCUT2D eigenvalue weighted by atomic mass is 10.3. The van der Waals surface area contributed by atoms with Crippen molar-refractivity contribution in [2.75, 3.05) is 7.11 Å². The standard InChI is InChI=1S/C9H14O2/c1-3-4-5-6-7-8-9(10)11-2/h5,7H,3-4,8H2,1-2H3. The molecule has 0 aliphatic carbocycles. The van der Waals surface area contributed by atoms with Crippen LogP contribution >= 0.6 is 0 Å². The van der Waals surface area contributed by atoms with Crippen LogP contribution in [0.2, 0.25) is 0 Å². The van der Waals surface area contributed by atoms with Crippen molar-refractivity contribution in [2.45, 2.75) is 26.2 Å². The molecule has 2 heteroatoms. The highest BCUT2D eigenvalue weighted by Crippen LogP contribution is 1.88. The minimum atomic E-state index is -0.220. The normalized spacial score (nSPS) is 8.18. The summed E-state index contributed by atoms with van der Waals surface area (Å²) in [5.41, 5.74) is 2.90. The molecular weight excluding hydrogens is 140 g/mol. The van der Waals surface area contributed by atoms with Crippen LogP contribution < -0.4 is 0 Å². The van der Waals surface area contributed by atoms with E-state index < -0.39 is 0 Å². The molecule has 0 amide bonds. The third-order valence-corrected chi connectivity index (χ3v) is 1.17. The Morgan fingerprint density at radius 1 is 1.55 bits per heavy atom. The van der Waals surface area contributed by atoms with E-state index in [0.717, 1.165) is 12.8 Å². The SMILES string of the molecule is CCCC=C=CCC(=O)OC. The van der Waals surface area contributed by atoms with Crippen molar-refractivity contribution in [3.8, 4) is 0 Å². The van der Waals surface area contributed by atoms with Gasteiger partial charge in [-0.3, -0.25) is 4.79 Å². The molecule has 11 heavy (non-hydrogen) atoms. The van der Waals surface area contributed by atoms with Gasteiger partial charge in [-0.15, -0.1) is 5.73 Å². The largest absolute Gasteiger partial charge is 0.469 e. The molecule has 0 fully saturated rings. The fraction of sp³-hybridized carbons (Fsp3) is 0.556. The Kier molecular flexibility index (Phi) is 6.45. The number of rotatable bonds is 4. The van der Waals surface area contributed by atoms with Gasteiger partial charge >= 0.3 is 5.97 Å². The molecule has 0 heterocycles. The van der Waals surface area contributed by atoms with Crippen molar-refractivity contribution in [3.05, 3.63) is 17.9 Å². The summed E-state index contributed by atoms with van der Waals surface area (Å²) in [4.78, 5) is 10.5. The van der Waals surface area contributed by atoms with E-state index in [9.17, 15) is 4.79 Å². The first kappa shape index (κ1) is 9.99. The quantitative estimate of drug-likeness (QED) is 0.457. The number of esters is 1. The van der Waals surface area contributed by atoms with E-state index in [1.807, 2.05) is 6.08 Å². The van der Waals surface area contributed by atoms with Crippen molar-refractivity contribution in [3.63, 3.8) is 0 Å². The second-order valence-corrected chi connectivity index (χ2v) is 2.14. The monoisotopic (exact) mass is 154 g/mol. The second-order valence-electron chi connectivity index (χ2n) is 2.14. The molecule has 0 atom stereocenters. The van der Waals surface area contributed by atoms with Gasteiger partial charge < -0.3 is 4.74 Å². The first-order valence-corrected chi connectivity index (χ1v) is 3.77. The zero-order chi connectivity index (χ0) is 8.53. The average molecular weight is 154 g/mol. The van der Waals surface area contributed by atoms with Gasteiger partial charge in [-0.25, -0.2) is 0 Å². The van der Waals surface area contributed by atoms with Crippen LogP contribution in [-0.2, 0) is 9.53 Å². The number of ether oxygens (including phenoxy) is 1. The Balaban J connectivity index is 3.50. The van der Waals surface area contributed by atoms with E-state index in [1.54, 1.807) is 6.08 Å². The van der Waals surface area contributed by atoms with Crippen LogP contribution in [0.3, 0.4) is 0 Å². The third kappa shape index (κ3) is 6.88.